The lowest BCUT2D eigenvalue weighted by molar-refractivity contribution is -0.121. The first kappa shape index (κ1) is 14.8. The summed E-state index contributed by atoms with van der Waals surface area (Å²) in [4.78, 5) is 12.2. The predicted octanol–water partition coefficient (Wildman–Crippen LogP) is 3.51. The maximum atomic E-state index is 12.9. The van der Waals surface area contributed by atoms with Crippen LogP contribution in [0.25, 0.3) is 0 Å². The van der Waals surface area contributed by atoms with E-state index in [0.717, 1.165) is 12.0 Å². The van der Waals surface area contributed by atoms with Gasteiger partial charge in [-0.05, 0) is 48.4 Å². The van der Waals surface area contributed by atoms with Gasteiger partial charge in [-0.25, -0.2) is 4.39 Å². The fourth-order valence-corrected chi connectivity index (χ4v) is 2.75. The average molecular weight is 297 g/mol. The largest absolute Gasteiger partial charge is 0.352 e. The summed E-state index contributed by atoms with van der Waals surface area (Å²) in [5.41, 5.74) is 2.09. The quantitative estimate of drug-likeness (QED) is 0.868. The van der Waals surface area contributed by atoms with Gasteiger partial charge in [-0.3, -0.25) is 4.79 Å². The molecule has 0 aromatic heterocycles. The van der Waals surface area contributed by atoms with Crippen LogP contribution < -0.4 is 5.32 Å². The van der Waals surface area contributed by atoms with E-state index >= 15 is 0 Å². The summed E-state index contributed by atoms with van der Waals surface area (Å²) < 4.78 is 12.9. The SMILES string of the molecule is O=C(Cc1ccc(F)cc1)NC(Cc1ccccc1)C1CC1. The van der Waals surface area contributed by atoms with Crippen LogP contribution in [0.2, 0.25) is 0 Å². The number of carbonyl (C=O) groups is 1. The first-order valence-corrected chi connectivity index (χ1v) is 7.78. The van der Waals surface area contributed by atoms with Crippen LogP contribution in [0.3, 0.4) is 0 Å². The van der Waals surface area contributed by atoms with Crippen LogP contribution in [0, 0.1) is 11.7 Å². The van der Waals surface area contributed by atoms with Crippen molar-refractivity contribution < 1.29 is 9.18 Å². The molecule has 2 aromatic rings. The van der Waals surface area contributed by atoms with Crippen molar-refractivity contribution in [3.05, 3.63) is 71.5 Å². The summed E-state index contributed by atoms with van der Waals surface area (Å²) in [5, 5.41) is 3.16. The number of halogens is 1. The minimum atomic E-state index is -0.274. The zero-order valence-corrected chi connectivity index (χ0v) is 12.5. The first-order valence-electron chi connectivity index (χ1n) is 7.78. The smallest absolute Gasteiger partial charge is 0.224 e. The molecule has 1 aliphatic carbocycles. The Balaban J connectivity index is 1.59. The Bertz CT molecular complexity index is 620. The molecule has 1 atom stereocenters. The fourth-order valence-electron chi connectivity index (χ4n) is 2.75. The lowest BCUT2D eigenvalue weighted by Gasteiger charge is -2.18. The van der Waals surface area contributed by atoms with Gasteiger partial charge in [0.15, 0.2) is 0 Å². The van der Waals surface area contributed by atoms with E-state index in [1.165, 1.54) is 30.5 Å². The molecule has 0 heterocycles. The molecule has 114 valence electrons. The summed E-state index contributed by atoms with van der Waals surface area (Å²) in [6.45, 7) is 0. The Hall–Kier alpha value is -2.16. The van der Waals surface area contributed by atoms with Gasteiger partial charge in [0.2, 0.25) is 5.91 Å². The number of nitrogens with one attached hydrogen (secondary N) is 1. The summed E-state index contributed by atoms with van der Waals surface area (Å²) in [6, 6.07) is 16.6. The standard InChI is InChI=1S/C19H20FNO/c20-17-10-6-15(7-11-17)13-19(22)21-18(16-8-9-16)12-14-4-2-1-3-5-14/h1-7,10-11,16,18H,8-9,12-13H2,(H,21,22). The minimum absolute atomic E-state index is 0.0134. The van der Waals surface area contributed by atoms with Crippen LogP contribution in [0.5, 0.6) is 0 Å². The van der Waals surface area contributed by atoms with Gasteiger partial charge in [-0.15, -0.1) is 0 Å². The molecule has 0 spiro atoms. The minimum Gasteiger partial charge on any atom is -0.352 e. The molecule has 1 amide bonds. The summed E-state index contributed by atoms with van der Waals surface area (Å²) in [7, 11) is 0. The number of amides is 1. The van der Waals surface area contributed by atoms with Crippen molar-refractivity contribution >= 4 is 5.91 Å². The molecule has 2 nitrogen and oxygen atoms in total. The van der Waals surface area contributed by atoms with Crippen molar-refractivity contribution in [1.82, 2.24) is 5.32 Å². The highest BCUT2D eigenvalue weighted by atomic mass is 19.1. The summed E-state index contributed by atoms with van der Waals surface area (Å²) in [5.74, 6) is 0.334. The third kappa shape index (κ3) is 4.17. The molecule has 1 fully saturated rings. The maximum absolute atomic E-state index is 12.9. The average Bonchev–Trinajstić information content (AvgIpc) is 3.35. The van der Waals surface area contributed by atoms with Gasteiger partial charge in [0, 0.05) is 6.04 Å². The molecule has 0 bridgehead atoms. The normalized spacial score (nSPS) is 15.3. The Kier molecular flexibility index (Phi) is 4.52. The lowest BCUT2D eigenvalue weighted by Crippen LogP contribution is -2.38. The van der Waals surface area contributed by atoms with Gasteiger partial charge >= 0.3 is 0 Å². The molecular formula is C19H20FNO. The fraction of sp³-hybridized carbons (Fsp3) is 0.316. The van der Waals surface area contributed by atoms with Crippen molar-refractivity contribution in [2.75, 3.05) is 0 Å². The van der Waals surface area contributed by atoms with Crippen molar-refractivity contribution in [3.63, 3.8) is 0 Å². The van der Waals surface area contributed by atoms with Crippen molar-refractivity contribution in [3.8, 4) is 0 Å². The number of carbonyl (C=O) groups excluding carboxylic acids is 1. The van der Waals surface area contributed by atoms with E-state index in [4.69, 9.17) is 0 Å². The molecule has 0 radical (unpaired) electrons. The summed E-state index contributed by atoms with van der Waals surface area (Å²) in [6.07, 6.45) is 3.56. The zero-order chi connectivity index (χ0) is 15.4. The molecule has 1 saturated carbocycles. The van der Waals surface area contributed by atoms with E-state index in [1.807, 2.05) is 18.2 Å². The third-order valence-corrected chi connectivity index (χ3v) is 4.11. The third-order valence-electron chi connectivity index (χ3n) is 4.11. The summed E-state index contributed by atoms with van der Waals surface area (Å²) >= 11 is 0. The molecule has 3 heteroatoms. The Morgan fingerprint density at radius 3 is 2.36 bits per heavy atom. The molecule has 22 heavy (non-hydrogen) atoms. The van der Waals surface area contributed by atoms with Crippen molar-refractivity contribution in [2.24, 2.45) is 5.92 Å². The number of hydrogen-bond acceptors (Lipinski definition) is 1. The van der Waals surface area contributed by atoms with Crippen LogP contribution in [-0.2, 0) is 17.6 Å². The number of hydrogen-bond donors (Lipinski definition) is 1. The highest BCUT2D eigenvalue weighted by molar-refractivity contribution is 5.79. The van der Waals surface area contributed by atoms with Crippen molar-refractivity contribution in [1.29, 1.82) is 0 Å². The van der Waals surface area contributed by atoms with Gasteiger partial charge in [0.05, 0.1) is 6.42 Å². The molecule has 1 N–H and O–H groups in total. The zero-order valence-electron chi connectivity index (χ0n) is 12.5. The van der Waals surface area contributed by atoms with Crippen LogP contribution in [-0.4, -0.2) is 11.9 Å². The Labute approximate surface area is 130 Å². The molecule has 1 aliphatic rings. The molecule has 2 aromatic carbocycles. The van der Waals surface area contributed by atoms with Gasteiger partial charge in [0.1, 0.15) is 5.82 Å². The number of rotatable bonds is 6. The molecule has 0 aliphatic heterocycles. The van der Waals surface area contributed by atoms with Crippen molar-refractivity contribution in [2.45, 2.75) is 31.7 Å². The first-order chi connectivity index (χ1) is 10.7. The maximum Gasteiger partial charge on any atom is 0.224 e. The molecule has 1 unspecified atom stereocenters. The second-order valence-electron chi connectivity index (χ2n) is 6.00. The predicted molar refractivity (Wildman–Crippen MR) is 84.9 cm³/mol. The van der Waals surface area contributed by atoms with E-state index < -0.39 is 0 Å². The molecule has 3 rings (SSSR count). The molecular weight excluding hydrogens is 277 g/mol. The monoisotopic (exact) mass is 297 g/mol. The second kappa shape index (κ2) is 6.73. The van der Waals surface area contributed by atoms with E-state index in [0.29, 0.717) is 12.3 Å². The highest BCUT2D eigenvalue weighted by Gasteiger charge is 2.32. The van der Waals surface area contributed by atoms with Crippen LogP contribution in [0.4, 0.5) is 4.39 Å². The second-order valence-corrected chi connectivity index (χ2v) is 6.00. The topological polar surface area (TPSA) is 29.1 Å². The van der Waals surface area contributed by atoms with E-state index in [9.17, 15) is 9.18 Å². The van der Waals surface area contributed by atoms with Gasteiger partial charge in [-0.1, -0.05) is 42.5 Å². The van der Waals surface area contributed by atoms with Crippen LogP contribution >= 0.6 is 0 Å². The Morgan fingerprint density at radius 2 is 1.73 bits per heavy atom. The lowest BCUT2D eigenvalue weighted by atomic mass is 10.0. The van der Waals surface area contributed by atoms with Gasteiger partial charge in [0.25, 0.3) is 0 Å². The van der Waals surface area contributed by atoms with E-state index in [2.05, 4.69) is 17.4 Å². The van der Waals surface area contributed by atoms with E-state index in [1.54, 1.807) is 12.1 Å². The van der Waals surface area contributed by atoms with Crippen LogP contribution in [0.1, 0.15) is 24.0 Å². The van der Waals surface area contributed by atoms with E-state index in [-0.39, 0.29) is 17.8 Å². The van der Waals surface area contributed by atoms with Gasteiger partial charge in [-0.2, -0.15) is 0 Å². The molecule has 0 saturated heterocycles. The highest BCUT2D eigenvalue weighted by Crippen LogP contribution is 2.34. The Morgan fingerprint density at radius 1 is 1.05 bits per heavy atom. The van der Waals surface area contributed by atoms with Crippen LogP contribution in [0.15, 0.2) is 54.6 Å². The number of benzene rings is 2. The van der Waals surface area contributed by atoms with Gasteiger partial charge < -0.3 is 5.32 Å².